The Morgan fingerprint density at radius 3 is 2.68 bits per heavy atom. The Labute approximate surface area is 187 Å². The van der Waals surface area contributed by atoms with Gasteiger partial charge in [0.05, 0.1) is 10.7 Å². The van der Waals surface area contributed by atoms with Crippen LogP contribution in [0.15, 0.2) is 66.9 Å². The summed E-state index contributed by atoms with van der Waals surface area (Å²) in [6.07, 6.45) is 6.18. The van der Waals surface area contributed by atoms with Gasteiger partial charge in [-0.1, -0.05) is 72.6 Å². The molecule has 3 rings (SSSR count). The maximum absolute atomic E-state index is 12.9. The Balaban J connectivity index is 1.71. The Morgan fingerprint density at radius 1 is 1.19 bits per heavy atom. The molecule has 3 aromatic rings. The van der Waals surface area contributed by atoms with Crippen molar-refractivity contribution in [3.05, 3.63) is 94.3 Å². The van der Waals surface area contributed by atoms with Gasteiger partial charge in [-0.3, -0.25) is 10.1 Å². The second-order valence-electron chi connectivity index (χ2n) is 7.31. The van der Waals surface area contributed by atoms with Gasteiger partial charge in [0, 0.05) is 18.3 Å². The molecule has 0 amide bonds. The van der Waals surface area contributed by atoms with Gasteiger partial charge in [-0.25, -0.2) is 4.89 Å². The van der Waals surface area contributed by atoms with Crippen molar-refractivity contribution in [2.75, 3.05) is 6.61 Å². The molecule has 0 aliphatic carbocycles. The number of ketones is 1. The molecular formula is C25H26ClNO4. The van der Waals surface area contributed by atoms with Crippen LogP contribution < -0.4 is 4.74 Å². The van der Waals surface area contributed by atoms with Gasteiger partial charge in [0.15, 0.2) is 0 Å². The first-order chi connectivity index (χ1) is 15.0. The van der Waals surface area contributed by atoms with E-state index in [2.05, 4.69) is 4.89 Å². The largest absolute Gasteiger partial charge is 0.488 e. The van der Waals surface area contributed by atoms with E-state index < -0.39 is 0 Å². The zero-order valence-corrected chi connectivity index (χ0v) is 18.4. The fraction of sp³-hybridized carbons (Fsp3) is 0.240. The highest BCUT2D eigenvalue weighted by atomic mass is 35.5. The summed E-state index contributed by atoms with van der Waals surface area (Å²) in [7, 11) is 0. The number of allylic oxidation sites excluding steroid dienone is 1. The van der Waals surface area contributed by atoms with Gasteiger partial charge in [0.2, 0.25) is 5.78 Å². The van der Waals surface area contributed by atoms with E-state index in [1.165, 1.54) is 0 Å². The fourth-order valence-corrected chi connectivity index (χ4v) is 3.39. The number of aryl methyl sites for hydroxylation is 1. The van der Waals surface area contributed by atoms with Crippen molar-refractivity contribution < 1.29 is 19.7 Å². The van der Waals surface area contributed by atoms with Crippen LogP contribution in [0.2, 0.25) is 5.02 Å². The van der Waals surface area contributed by atoms with E-state index in [0.29, 0.717) is 35.0 Å². The third kappa shape index (κ3) is 6.31. The quantitative estimate of drug-likeness (QED) is 0.237. The topological polar surface area (TPSA) is 60.7 Å². The maximum atomic E-state index is 12.9. The summed E-state index contributed by atoms with van der Waals surface area (Å²) < 4.78 is 7.67. The Hall–Kier alpha value is -2.86. The van der Waals surface area contributed by atoms with Crippen molar-refractivity contribution in [2.24, 2.45) is 0 Å². The van der Waals surface area contributed by atoms with Gasteiger partial charge >= 0.3 is 0 Å². The van der Waals surface area contributed by atoms with Crippen LogP contribution in [0.4, 0.5) is 0 Å². The predicted molar refractivity (Wildman–Crippen MR) is 123 cm³/mol. The summed E-state index contributed by atoms with van der Waals surface area (Å²) in [6, 6.07) is 16.8. The van der Waals surface area contributed by atoms with E-state index >= 15 is 0 Å². The first-order valence-corrected chi connectivity index (χ1v) is 10.5. The number of nitrogens with zero attached hydrogens (tertiary/aromatic N) is 1. The summed E-state index contributed by atoms with van der Waals surface area (Å²) in [5.41, 5.74) is 3.24. The minimum absolute atomic E-state index is 0.0626. The lowest BCUT2D eigenvalue weighted by Gasteiger charge is -2.16. The van der Waals surface area contributed by atoms with Crippen LogP contribution >= 0.6 is 11.6 Å². The zero-order valence-electron chi connectivity index (χ0n) is 17.6. The van der Waals surface area contributed by atoms with Crippen molar-refractivity contribution >= 4 is 23.5 Å². The Kier molecular flexibility index (Phi) is 8.06. The number of carbonyl (C=O) groups is 1. The summed E-state index contributed by atoms with van der Waals surface area (Å²) in [5.74, 6) is 0.637. The van der Waals surface area contributed by atoms with E-state index in [-0.39, 0.29) is 18.5 Å². The van der Waals surface area contributed by atoms with Gasteiger partial charge in [-0.2, -0.15) is 0 Å². The van der Waals surface area contributed by atoms with E-state index in [0.717, 1.165) is 11.1 Å². The summed E-state index contributed by atoms with van der Waals surface area (Å²) in [4.78, 5) is 17.1. The molecule has 31 heavy (non-hydrogen) atoms. The van der Waals surface area contributed by atoms with Gasteiger partial charge in [0.1, 0.15) is 18.5 Å². The normalized spacial score (nSPS) is 12.3. The van der Waals surface area contributed by atoms with Gasteiger partial charge in [0.25, 0.3) is 0 Å². The number of halogens is 1. The highest BCUT2D eigenvalue weighted by molar-refractivity contribution is 6.31. The number of aromatic nitrogens is 1. The molecule has 0 aliphatic rings. The van der Waals surface area contributed by atoms with Crippen molar-refractivity contribution in [1.82, 2.24) is 4.57 Å². The Morgan fingerprint density at radius 2 is 1.97 bits per heavy atom. The molecule has 1 atom stereocenters. The van der Waals surface area contributed by atoms with E-state index in [9.17, 15) is 4.79 Å². The highest BCUT2D eigenvalue weighted by Crippen LogP contribution is 2.20. The molecule has 2 aromatic carbocycles. The van der Waals surface area contributed by atoms with Crippen LogP contribution in [0.5, 0.6) is 5.75 Å². The van der Waals surface area contributed by atoms with Crippen LogP contribution in [0.1, 0.15) is 40.5 Å². The minimum Gasteiger partial charge on any atom is -0.488 e. The molecule has 6 heteroatoms. The van der Waals surface area contributed by atoms with Crippen molar-refractivity contribution in [1.29, 1.82) is 0 Å². The molecule has 5 nitrogen and oxygen atoms in total. The van der Waals surface area contributed by atoms with E-state index in [1.54, 1.807) is 12.3 Å². The number of benzene rings is 2. The molecule has 1 heterocycles. The smallest absolute Gasteiger partial charge is 0.209 e. The lowest BCUT2D eigenvalue weighted by Crippen LogP contribution is -2.21. The first kappa shape index (κ1) is 22.8. The maximum Gasteiger partial charge on any atom is 0.209 e. The molecule has 162 valence electrons. The molecular weight excluding hydrogens is 414 g/mol. The lowest BCUT2D eigenvalue weighted by molar-refractivity contribution is -0.254. The highest BCUT2D eigenvalue weighted by Gasteiger charge is 2.15. The first-order valence-electron chi connectivity index (χ1n) is 10.2. The SMILES string of the molecule is CC[C@@H](COO)Oc1cccc(C=CCn2cc(Cl)cc2C(=O)c2ccc(C)cc2)c1. The number of rotatable bonds is 10. The molecule has 0 saturated heterocycles. The molecule has 0 unspecified atom stereocenters. The van der Waals surface area contributed by atoms with Crippen molar-refractivity contribution in [2.45, 2.75) is 32.9 Å². The number of hydrogen-bond donors (Lipinski definition) is 1. The fourth-order valence-electron chi connectivity index (χ4n) is 3.17. The van der Waals surface area contributed by atoms with Crippen molar-refractivity contribution in [3.63, 3.8) is 0 Å². The minimum atomic E-state index is -0.221. The van der Waals surface area contributed by atoms with Gasteiger partial charge < -0.3 is 9.30 Å². The van der Waals surface area contributed by atoms with Crippen molar-refractivity contribution in [3.8, 4) is 5.75 Å². The number of ether oxygens (including phenoxy) is 1. The zero-order chi connectivity index (χ0) is 22.2. The summed E-state index contributed by atoms with van der Waals surface area (Å²) >= 11 is 6.19. The number of hydrogen-bond acceptors (Lipinski definition) is 4. The monoisotopic (exact) mass is 439 g/mol. The molecule has 0 bridgehead atoms. The summed E-state index contributed by atoms with van der Waals surface area (Å²) in [5, 5.41) is 9.17. The third-order valence-corrected chi connectivity index (χ3v) is 5.11. The molecule has 1 N–H and O–H groups in total. The van der Waals surface area contributed by atoms with Crippen LogP contribution in [0, 0.1) is 6.92 Å². The third-order valence-electron chi connectivity index (χ3n) is 4.90. The number of carbonyl (C=O) groups excluding carboxylic acids is 1. The van der Waals surface area contributed by atoms with E-state index in [1.807, 2.05) is 79.1 Å². The van der Waals surface area contributed by atoms with Gasteiger partial charge in [-0.15, -0.1) is 0 Å². The average Bonchev–Trinajstić information content (AvgIpc) is 3.14. The molecule has 0 radical (unpaired) electrons. The average molecular weight is 440 g/mol. The standard InChI is InChI=1S/C25H26ClNO4/c1-3-22(17-30-29)31-23-8-4-6-19(14-23)7-5-13-27-16-21(26)15-24(27)25(28)20-11-9-18(2)10-12-20/h4-12,14-16,22,29H,3,13,17H2,1-2H3/t22-/m0/s1. The van der Waals surface area contributed by atoms with Gasteiger partial charge in [-0.05, 0) is 37.1 Å². The lowest BCUT2D eigenvalue weighted by atomic mass is 10.1. The second kappa shape index (κ2) is 11.0. The predicted octanol–water partition coefficient (Wildman–Crippen LogP) is 6.04. The molecule has 0 saturated carbocycles. The van der Waals surface area contributed by atoms with Crippen LogP contribution in [0.3, 0.4) is 0 Å². The molecule has 1 aromatic heterocycles. The Bertz CT molecular complexity index is 1040. The second-order valence-corrected chi connectivity index (χ2v) is 7.75. The van der Waals surface area contributed by atoms with Crippen LogP contribution in [0.25, 0.3) is 6.08 Å². The molecule has 0 aliphatic heterocycles. The molecule has 0 spiro atoms. The van der Waals surface area contributed by atoms with Crippen LogP contribution in [-0.4, -0.2) is 28.3 Å². The van der Waals surface area contributed by atoms with E-state index in [4.69, 9.17) is 21.6 Å². The molecule has 0 fully saturated rings. The van der Waals surface area contributed by atoms with Crippen LogP contribution in [-0.2, 0) is 11.4 Å². The summed E-state index contributed by atoms with van der Waals surface area (Å²) in [6.45, 7) is 4.57.